The van der Waals surface area contributed by atoms with E-state index < -0.39 is 0 Å². The fourth-order valence-corrected chi connectivity index (χ4v) is 3.24. The average molecular weight is 385 g/mol. The van der Waals surface area contributed by atoms with Crippen LogP contribution in [-0.2, 0) is 11.2 Å². The fourth-order valence-electron chi connectivity index (χ4n) is 3.24. The van der Waals surface area contributed by atoms with Gasteiger partial charge in [-0.15, -0.1) is 0 Å². The van der Waals surface area contributed by atoms with Crippen molar-refractivity contribution in [3.63, 3.8) is 0 Å². The highest BCUT2D eigenvalue weighted by molar-refractivity contribution is 5.84. The van der Waals surface area contributed by atoms with Crippen molar-refractivity contribution in [1.82, 2.24) is 20.5 Å². The minimum Gasteiger partial charge on any atom is -0.324 e. The second kappa shape index (κ2) is 8.22. The first kappa shape index (κ1) is 18.8. The third kappa shape index (κ3) is 4.32. The van der Waals surface area contributed by atoms with Crippen LogP contribution in [0, 0.1) is 0 Å². The maximum atomic E-state index is 12.3. The number of nitrogens with zero attached hydrogens (tertiary/aromatic N) is 3. The SMILES string of the molecule is C=C/C(=C\N=C/C)NC(=O)Cc1ccc(-c2cnc3[nH]nc(C4CC4)c3c2)cc1. The maximum absolute atomic E-state index is 12.3. The Morgan fingerprint density at radius 2 is 2.10 bits per heavy atom. The first-order valence-corrected chi connectivity index (χ1v) is 9.71. The number of nitrogens with one attached hydrogen (secondary N) is 2. The summed E-state index contributed by atoms with van der Waals surface area (Å²) in [4.78, 5) is 20.8. The molecule has 0 atom stereocenters. The zero-order valence-electron chi connectivity index (χ0n) is 16.4. The van der Waals surface area contributed by atoms with Crippen molar-refractivity contribution in [2.45, 2.75) is 32.1 Å². The zero-order valence-corrected chi connectivity index (χ0v) is 16.4. The van der Waals surface area contributed by atoms with Crippen molar-refractivity contribution in [3.8, 4) is 11.1 Å². The summed E-state index contributed by atoms with van der Waals surface area (Å²) >= 11 is 0. The second-order valence-electron chi connectivity index (χ2n) is 7.12. The molecule has 1 fully saturated rings. The molecule has 0 radical (unpaired) electrons. The predicted molar refractivity (Wildman–Crippen MR) is 116 cm³/mol. The summed E-state index contributed by atoms with van der Waals surface area (Å²) in [6, 6.07) is 10.1. The number of aromatic amines is 1. The Labute approximate surface area is 169 Å². The number of benzene rings is 1. The van der Waals surface area contributed by atoms with E-state index in [1.165, 1.54) is 12.8 Å². The number of allylic oxidation sites excluding steroid dienone is 1. The van der Waals surface area contributed by atoms with E-state index in [4.69, 9.17) is 0 Å². The third-order valence-electron chi connectivity index (χ3n) is 4.93. The lowest BCUT2D eigenvalue weighted by Gasteiger charge is -2.07. The van der Waals surface area contributed by atoms with Crippen LogP contribution in [0.1, 0.15) is 36.9 Å². The lowest BCUT2D eigenvalue weighted by atomic mass is 10.0. The topological polar surface area (TPSA) is 83.0 Å². The number of carbonyl (C=O) groups is 1. The minimum absolute atomic E-state index is 0.106. The van der Waals surface area contributed by atoms with Gasteiger partial charge < -0.3 is 5.32 Å². The summed E-state index contributed by atoms with van der Waals surface area (Å²) in [6.07, 6.45) is 9.34. The van der Waals surface area contributed by atoms with E-state index in [2.05, 4.69) is 38.1 Å². The Hall–Kier alpha value is -3.54. The van der Waals surface area contributed by atoms with Gasteiger partial charge in [0.05, 0.1) is 17.8 Å². The molecular formula is C23H23N5O. The van der Waals surface area contributed by atoms with Gasteiger partial charge in [0.1, 0.15) is 0 Å². The number of aromatic nitrogens is 3. The molecule has 146 valence electrons. The zero-order chi connectivity index (χ0) is 20.2. The van der Waals surface area contributed by atoms with Crippen molar-refractivity contribution in [2.75, 3.05) is 0 Å². The van der Waals surface area contributed by atoms with Crippen molar-refractivity contribution in [2.24, 2.45) is 4.99 Å². The minimum atomic E-state index is -0.106. The van der Waals surface area contributed by atoms with Gasteiger partial charge >= 0.3 is 0 Å². The van der Waals surface area contributed by atoms with E-state index in [9.17, 15) is 4.79 Å². The predicted octanol–water partition coefficient (Wildman–Crippen LogP) is 4.28. The fraction of sp³-hybridized carbons (Fsp3) is 0.217. The molecule has 2 N–H and O–H groups in total. The Morgan fingerprint density at radius 1 is 1.31 bits per heavy atom. The molecule has 29 heavy (non-hydrogen) atoms. The van der Waals surface area contributed by atoms with Crippen LogP contribution in [0.4, 0.5) is 0 Å². The molecule has 0 saturated heterocycles. The average Bonchev–Trinajstić information content (AvgIpc) is 3.50. The summed E-state index contributed by atoms with van der Waals surface area (Å²) in [5.74, 6) is 0.463. The summed E-state index contributed by atoms with van der Waals surface area (Å²) in [5.41, 5.74) is 5.59. The van der Waals surface area contributed by atoms with Gasteiger partial charge in [0.15, 0.2) is 5.65 Å². The van der Waals surface area contributed by atoms with Gasteiger partial charge in [-0.05, 0) is 43.0 Å². The number of amides is 1. The maximum Gasteiger partial charge on any atom is 0.228 e. The Balaban J connectivity index is 1.48. The number of fused-ring (bicyclic) bond motifs is 1. The van der Waals surface area contributed by atoms with Gasteiger partial charge in [0.2, 0.25) is 5.91 Å². The summed E-state index contributed by atoms with van der Waals surface area (Å²) in [5, 5.41) is 11.4. The van der Waals surface area contributed by atoms with Crippen molar-refractivity contribution in [1.29, 1.82) is 0 Å². The van der Waals surface area contributed by atoms with Crippen molar-refractivity contribution in [3.05, 3.63) is 72.3 Å². The van der Waals surface area contributed by atoms with E-state index in [1.807, 2.05) is 37.4 Å². The summed E-state index contributed by atoms with van der Waals surface area (Å²) < 4.78 is 0. The Morgan fingerprint density at radius 3 is 2.79 bits per heavy atom. The number of hydrogen-bond donors (Lipinski definition) is 2. The number of rotatable bonds is 7. The van der Waals surface area contributed by atoms with Crippen LogP contribution in [0.5, 0.6) is 0 Å². The van der Waals surface area contributed by atoms with Crippen LogP contribution in [0.3, 0.4) is 0 Å². The van der Waals surface area contributed by atoms with Gasteiger partial charge in [-0.2, -0.15) is 5.10 Å². The van der Waals surface area contributed by atoms with E-state index >= 15 is 0 Å². The number of hydrogen-bond acceptors (Lipinski definition) is 4. The second-order valence-corrected chi connectivity index (χ2v) is 7.12. The van der Waals surface area contributed by atoms with Crippen LogP contribution in [-0.4, -0.2) is 27.3 Å². The highest BCUT2D eigenvalue weighted by Gasteiger charge is 2.28. The molecule has 1 amide bonds. The highest BCUT2D eigenvalue weighted by atomic mass is 16.1. The largest absolute Gasteiger partial charge is 0.324 e. The lowest BCUT2D eigenvalue weighted by molar-refractivity contribution is -0.119. The molecule has 3 aromatic rings. The molecule has 2 aromatic heterocycles. The highest BCUT2D eigenvalue weighted by Crippen LogP contribution is 2.42. The normalized spacial score (nSPS) is 14.4. The van der Waals surface area contributed by atoms with Gasteiger partial charge in [0, 0.05) is 35.5 Å². The molecule has 1 aromatic carbocycles. The molecule has 1 aliphatic rings. The van der Waals surface area contributed by atoms with Crippen molar-refractivity contribution < 1.29 is 4.79 Å². The molecule has 0 unspecified atom stereocenters. The number of carbonyl (C=O) groups excluding carboxylic acids is 1. The Kier molecular flexibility index (Phi) is 5.33. The van der Waals surface area contributed by atoms with Gasteiger partial charge in [-0.25, -0.2) is 4.98 Å². The monoisotopic (exact) mass is 385 g/mol. The van der Waals surface area contributed by atoms with Gasteiger partial charge in [0.25, 0.3) is 0 Å². The van der Waals surface area contributed by atoms with E-state index in [-0.39, 0.29) is 12.3 Å². The number of pyridine rings is 1. The molecule has 0 aliphatic heterocycles. The van der Waals surface area contributed by atoms with E-state index in [0.717, 1.165) is 33.4 Å². The van der Waals surface area contributed by atoms with Crippen LogP contribution in [0.15, 0.2) is 66.1 Å². The molecule has 0 bridgehead atoms. The van der Waals surface area contributed by atoms with Gasteiger partial charge in [-0.3, -0.25) is 14.9 Å². The molecule has 6 nitrogen and oxygen atoms in total. The van der Waals surface area contributed by atoms with E-state index in [0.29, 0.717) is 11.6 Å². The standard InChI is InChI=1S/C23H23N5O/c1-3-19(14-24-4-2)26-21(29)11-15-5-7-16(8-6-15)18-12-20-22(17-9-10-17)27-28-23(20)25-13-18/h3-8,12-14,17H,1,9-11H2,2H3,(H,26,29)(H,25,27,28)/b19-14+,24-4-. The van der Waals surface area contributed by atoms with Crippen LogP contribution < -0.4 is 5.32 Å². The molecule has 6 heteroatoms. The number of H-pyrrole nitrogens is 1. The number of aliphatic imine (C=N–C) groups is 1. The smallest absolute Gasteiger partial charge is 0.228 e. The summed E-state index contributed by atoms with van der Waals surface area (Å²) in [6.45, 7) is 5.50. The molecule has 1 saturated carbocycles. The Bertz CT molecular complexity index is 1100. The van der Waals surface area contributed by atoms with Crippen LogP contribution in [0.2, 0.25) is 0 Å². The lowest BCUT2D eigenvalue weighted by Crippen LogP contribution is -2.23. The first-order valence-electron chi connectivity index (χ1n) is 9.71. The molecule has 4 rings (SSSR count). The molecular weight excluding hydrogens is 362 g/mol. The van der Waals surface area contributed by atoms with Crippen LogP contribution in [0.25, 0.3) is 22.2 Å². The molecule has 2 heterocycles. The molecule has 1 aliphatic carbocycles. The summed E-state index contributed by atoms with van der Waals surface area (Å²) in [7, 11) is 0. The van der Waals surface area contributed by atoms with Crippen molar-refractivity contribution >= 4 is 23.2 Å². The third-order valence-corrected chi connectivity index (χ3v) is 4.93. The molecule has 0 spiro atoms. The quantitative estimate of drug-likeness (QED) is 0.470. The van der Waals surface area contributed by atoms with Gasteiger partial charge in [-0.1, -0.05) is 30.8 Å². The van der Waals surface area contributed by atoms with Crippen LogP contribution >= 0.6 is 0 Å². The van der Waals surface area contributed by atoms with E-state index in [1.54, 1.807) is 18.5 Å². The first-order chi connectivity index (χ1) is 14.2.